The van der Waals surface area contributed by atoms with E-state index >= 15 is 0 Å². The molecule has 0 aromatic heterocycles. The molecule has 0 amide bonds. The van der Waals surface area contributed by atoms with E-state index in [-0.39, 0.29) is 11.8 Å². The molecule has 1 aromatic rings. The second-order valence-corrected chi connectivity index (χ2v) is 5.99. The highest BCUT2D eigenvalue weighted by Gasteiger charge is 2.31. The highest BCUT2D eigenvalue weighted by atomic mass is 19.4. The molecular formula is C18H25F3N2O. The Bertz CT molecular complexity index is 496. The molecule has 0 unspecified atom stereocenters. The summed E-state index contributed by atoms with van der Waals surface area (Å²) in [5, 5.41) is 3.33. The van der Waals surface area contributed by atoms with Crippen LogP contribution in [0.2, 0.25) is 0 Å². The van der Waals surface area contributed by atoms with Crippen molar-refractivity contribution in [2.24, 2.45) is 0 Å². The number of hydrogen-bond acceptors (Lipinski definition) is 3. The molecule has 1 N–H and O–H groups in total. The van der Waals surface area contributed by atoms with Crippen LogP contribution in [-0.2, 0) is 0 Å². The first kappa shape index (κ1) is 18.8. The first-order valence-electron chi connectivity index (χ1n) is 8.41. The quantitative estimate of drug-likeness (QED) is 0.564. The van der Waals surface area contributed by atoms with Crippen LogP contribution in [0.3, 0.4) is 0 Å². The molecule has 1 fully saturated rings. The molecule has 0 aliphatic carbocycles. The van der Waals surface area contributed by atoms with E-state index in [0.717, 1.165) is 57.4 Å². The number of alkyl halides is 3. The summed E-state index contributed by atoms with van der Waals surface area (Å²) in [5.41, 5.74) is 1.05. The van der Waals surface area contributed by atoms with E-state index in [9.17, 15) is 13.2 Å². The molecule has 3 nitrogen and oxygen atoms in total. The van der Waals surface area contributed by atoms with Crippen molar-refractivity contribution in [3.8, 4) is 5.75 Å². The third-order valence-electron chi connectivity index (χ3n) is 4.23. The summed E-state index contributed by atoms with van der Waals surface area (Å²) in [7, 11) is 0. The highest BCUT2D eigenvalue weighted by molar-refractivity contribution is 5.29. The van der Waals surface area contributed by atoms with Crippen LogP contribution in [0.25, 0.3) is 0 Å². The van der Waals surface area contributed by atoms with Crippen LogP contribution >= 0.6 is 0 Å². The lowest BCUT2D eigenvalue weighted by Gasteiger charge is -2.35. The Labute approximate surface area is 141 Å². The van der Waals surface area contributed by atoms with E-state index < -0.39 is 6.36 Å². The van der Waals surface area contributed by atoms with E-state index in [2.05, 4.69) is 21.5 Å². The van der Waals surface area contributed by atoms with Gasteiger partial charge in [-0.2, -0.15) is 0 Å². The fraction of sp³-hybridized carbons (Fsp3) is 0.556. The molecule has 1 heterocycles. The van der Waals surface area contributed by atoms with Crippen molar-refractivity contribution in [2.75, 3.05) is 26.2 Å². The summed E-state index contributed by atoms with van der Waals surface area (Å²) in [6.07, 6.45) is 1.41. The highest BCUT2D eigenvalue weighted by Crippen LogP contribution is 2.30. The van der Waals surface area contributed by atoms with Crippen molar-refractivity contribution in [3.63, 3.8) is 0 Å². The smallest absolute Gasteiger partial charge is 0.406 e. The molecule has 0 bridgehead atoms. The van der Waals surface area contributed by atoms with Gasteiger partial charge >= 0.3 is 6.36 Å². The minimum Gasteiger partial charge on any atom is -0.406 e. The number of allylic oxidation sites excluding steroid dienone is 1. The van der Waals surface area contributed by atoms with E-state index in [1.165, 1.54) is 12.1 Å². The first-order chi connectivity index (χ1) is 11.5. The van der Waals surface area contributed by atoms with Crippen molar-refractivity contribution in [1.82, 2.24) is 10.2 Å². The number of halogens is 3. The lowest BCUT2D eigenvalue weighted by molar-refractivity contribution is -0.274. The molecule has 0 saturated carbocycles. The number of rotatable bonds is 8. The summed E-state index contributed by atoms with van der Waals surface area (Å²) in [5.74, 6) is -0.169. The van der Waals surface area contributed by atoms with Gasteiger partial charge in [-0.3, -0.25) is 4.90 Å². The van der Waals surface area contributed by atoms with Crippen LogP contribution in [0.1, 0.15) is 37.3 Å². The summed E-state index contributed by atoms with van der Waals surface area (Å²) in [4.78, 5) is 2.41. The Kier molecular flexibility index (Phi) is 7.12. The van der Waals surface area contributed by atoms with Gasteiger partial charge in [0.1, 0.15) is 5.75 Å². The van der Waals surface area contributed by atoms with Crippen molar-refractivity contribution in [2.45, 2.75) is 38.1 Å². The third kappa shape index (κ3) is 6.17. The summed E-state index contributed by atoms with van der Waals surface area (Å²) < 4.78 is 40.8. The standard InChI is InChI=1S/C18H25F3N2O/c1-2-3-4-5-6-17(23-13-11-22-12-14-23)15-7-9-16(10-8-15)24-18(19,20)21/h2,7-10,17,22H,1,3-6,11-14H2/t17-/m0/s1. The fourth-order valence-corrected chi connectivity index (χ4v) is 3.07. The normalized spacial score (nSPS) is 17.5. The predicted molar refractivity (Wildman–Crippen MR) is 89.0 cm³/mol. The van der Waals surface area contributed by atoms with Gasteiger partial charge in [-0.1, -0.05) is 24.6 Å². The average Bonchev–Trinajstić information content (AvgIpc) is 2.55. The number of benzene rings is 1. The fourth-order valence-electron chi connectivity index (χ4n) is 3.07. The van der Waals surface area contributed by atoms with Gasteiger partial charge in [0.05, 0.1) is 0 Å². The zero-order chi connectivity index (χ0) is 17.4. The van der Waals surface area contributed by atoms with Crippen LogP contribution < -0.4 is 10.1 Å². The number of piperazine rings is 1. The minimum absolute atomic E-state index is 0.169. The van der Waals surface area contributed by atoms with E-state index in [0.29, 0.717) is 0 Å². The van der Waals surface area contributed by atoms with Crippen LogP contribution in [0, 0.1) is 0 Å². The summed E-state index contributed by atoms with van der Waals surface area (Å²) in [6.45, 7) is 7.53. The Hall–Kier alpha value is -1.53. The van der Waals surface area contributed by atoms with E-state index in [1.807, 2.05) is 6.08 Å². The van der Waals surface area contributed by atoms with Gasteiger partial charge in [-0.15, -0.1) is 19.8 Å². The molecular weight excluding hydrogens is 317 g/mol. The molecule has 2 rings (SSSR count). The first-order valence-corrected chi connectivity index (χ1v) is 8.41. The average molecular weight is 342 g/mol. The van der Waals surface area contributed by atoms with Gasteiger partial charge in [0.15, 0.2) is 0 Å². The molecule has 1 aliphatic heterocycles. The third-order valence-corrected chi connectivity index (χ3v) is 4.23. The molecule has 1 aliphatic rings. The second-order valence-electron chi connectivity index (χ2n) is 5.99. The monoisotopic (exact) mass is 342 g/mol. The van der Waals surface area contributed by atoms with Gasteiger partial charge in [0.25, 0.3) is 0 Å². The van der Waals surface area contributed by atoms with E-state index in [1.54, 1.807) is 12.1 Å². The molecule has 0 radical (unpaired) electrons. The van der Waals surface area contributed by atoms with Crippen molar-refractivity contribution in [3.05, 3.63) is 42.5 Å². The lowest BCUT2D eigenvalue weighted by atomic mass is 9.98. The van der Waals surface area contributed by atoms with Gasteiger partial charge in [0.2, 0.25) is 0 Å². The molecule has 6 heteroatoms. The van der Waals surface area contributed by atoms with Crippen molar-refractivity contribution in [1.29, 1.82) is 0 Å². The van der Waals surface area contributed by atoms with Gasteiger partial charge < -0.3 is 10.1 Å². The summed E-state index contributed by atoms with van der Waals surface area (Å²) in [6, 6.07) is 6.54. The van der Waals surface area contributed by atoms with Crippen molar-refractivity contribution >= 4 is 0 Å². The topological polar surface area (TPSA) is 24.5 Å². The maximum atomic E-state index is 12.3. The number of nitrogens with one attached hydrogen (secondary N) is 1. The molecule has 0 spiro atoms. The Balaban J connectivity index is 2.05. The zero-order valence-corrected chi connectivity index (χ0v) is 13.8. The summed E-state index contributed by atoms with van der Waals surface area (Å²) >= 11 is 0. The molecule has 1 saturated heterocycles. The largest absolute Gasteiger partial charge is 0.573 e. The number of hydrogen-bond donors (Lipinski definition) is 1. The SMILES string of the molecule is C=CCCCC[C@@H](c1ccc(OC(F)(F)F)cc1)N1CCNCC1. The number of ether oxygens (including phenoxy) is 1. The molecule has 134 valence electrons. The molecule has 24 heavy (non-hydrogen) atoms. The van der Waals surface area contributed by atoms with Crippen molar-refractivity contribution < 1.29 is 17.9 Å². The Morgan fingerprint density at radius 3 is 2.42 bits per heavy atom. The van der Waals surface area contributed by atoms with Gasteiger partial charge in [-0.05, 0) is 37.0 Å². The Morgan fingerprint density at radius 2 is 1.83 bits per heavy atom. The minimum atomic E-state index is -4.65. The number of unbranched alkanes of at least 4 members (excludes halogenated alkanes) is 2. The Morgan fingerprint density at radius 1 is 1.17 bits per heavy atom. The maximum absolute atomic E-state index is 12.3. The van der Waals surface area contributed by atoms with Crippen LogP contribution in [-0.4, -0.2) is 37.4 Å². The molecule has 1 aromatic carbocycles. The van der Waals surface area contributed by atoms with Crippen LogP contribution in [0.5, 0.6) is 5.75 Å². The predicted octanol–water partition coefficient (Wildman–Crippen LogP) is 4.28. The second kappa shape index (κ2) is 9.08. The maximum Gasteiger partial charge on any atom is 0.573 e. The zero-order valence-electron chi connectivity index (χ0n) is 13.8. The van der Waals surface area contributed by atoms with Crippen LogP contribution in [0.4, 0.5) is 13.2 Å². The number of nitrogens with zero attached hydrogens (tertiary/aromatic N) is 1. The van der Waals surface area contributed by atoms with Gasteiger partial charge in [-0.25, -0.2) is 0 Å². The molecule has 1 atom stereocenters. The van der Waals surface area contributed by atoms with Gasteiger partial charge in [0, 0.05) is 32.2 Å². The van der Waals surface area contributed by atoms with Crippen LogP contribution in [0.15, 0.2) is 36.9 Å². The lowest BCUT2D eigenvalue weighted by Crippen LogP contribution is -2.45. The van der Waals surface area contributed by atoms with E-state index in [4.69, 9.17) is 0 Å².